The Kier molecular flexibility index (Phi) is 20.2. The Bertz CT molecular complexity index is 2290. The van der Waals surface area contributed by atoms with Gasteiger partial charge in [-0.05, 0) is 106 Å². The second kappa shape index (κ2) is 23.1. The van der Waals surface area contributed by atoms with E-state index in [1.807, 2.05) is 12.1 Å². The second-order valence-electron chi connectivity index (χ2n) is 13.8. The first-order valence-electron chi connectivity index (χ1n) is 18.7. The SMILES string of the molecule is C1CCNCC1.N#Cc1cccc(S(=O)(=O)Cl)c1.N#Cc1cccc(S(=O)(=O)N2CCCCC2)c1.NC(c1cccc(S(=O)(=O)N2CCCCC2)c1)(C(F)(F)F)C(F)(F)F.[B]. The smallest absolute Gasteiger partial charge is 0.317 e. The van der Waals surface area contributed by atoms with Gasteiger partial charge in [0.1, 0.15) is 0 Å². The number of hydrogen-bond acceptors (Lipinski definition) is 10. The van der Waals surface area contributed by atoms with Crippen molar-refractivity contribution in [1.29, 1.82) is 10.5 Å². The van der Waals surface area contributed by atoms with Crippen molar-refractivity contribution in [2.45, 2.75) is 90.4 Å². The van der Waals surface area contributed by atoms with Crippen molar-refractivity contribution in [2.24, 2.45) is 5.73 Å². The number of rotatable bonds is 6. The zero-order valence-corrected chi connectivity index (χ0v) is 36.0. The van der Waals surface area contributed by atoms with E-state index in [9.17, 15) is 51.6 Å². The van der Waals surface area contributed by atoms with Gasteiger partial charge in [-0.1, -0.05) is 43.5 Å². The summed E-state index contributed by atoms with van der Waals surface area (Å²) >= 11 is 0. The van der Waals surface area contributed by atoms with E-state index < -0.39 is 57.4 Å². The Morgan fingerprint density at radius 1 is 0.574 bits per heavy atom. The van der Waals surface area contributed by atoms with Gasteiger partial charge >= 0.3 is 12.4 Å². The molecule has 61 heavy (non-hydrogen) atoms. The molecule has 3 aliphatic heterocycles. The molecule has 0 saturated carbocycles. The van der Waals surface area contributed by atoms with Gasteiger partial charge < -0.3 is 11.1 Å². The predicted octanol–water partition coefficient (Wildman–Crippen LogP) is 6.74. The molecule has 3 fully saturated rings. The Labute approximate surface area is 359 Å². The van der Waals surface area contributed by atoms with Crippen LogP contribution in [0.4, 0.5) is 26.3 Å². The Morgan fingerprint density at radius 3 is 1.28 bits per heavy atom. The molecule has 3 heterocycles. The summed E-state index contributed by atoms with van der Waals surface area (Å²) in [6.07, 6.45) is -2.61. The van der Waals surface area contributed by atoms with Crippen LogP contribution < -0.4 is 11.1 Å². The summed E-state index contributed by atoms with van der Waals surface area (Å²) in [5, 5.41) is 20.5. The van der Waals surface area contributed by atoms with Gasteiger partial charge in [-0.25, -0.2) is 25.3 Å². The topological polar surface area (TPSA) is 195 Å². The third-order valence-corrected chi connectivity index (χ3v) is 14.6. The van der Waals surface area contributed by atoms with Crippen LogP contribution >= 0.6 is 10.7 Å². The van der Waals surface area contributed by atoms with Gasteiger partial charge in [0, 0.05) is 45.3 Å². The zero-order valence-electron chi connectivity index (χ0n) is 32.8. The standard InChI is InChI=1S/C14H16F6N2O2S.C12H14N2O2S.C7H4ClNO2S.C5H11N.B/c15-13(16,17)12(21,14(18,19)20)10-5-4-6-11(9-10)25(23,24)22-7-2-1-3-8-22;13-10-11-5-4-6-12(9-11)17(15,16)14-7-2-1-3-8-14;8-12(10,11)7-3-1-2-6(4-7)5-9;1-2-4-6-5-3-1;/h4-6,9H,1-3,7-8,21H2;4-6,9H,1-3,7-8H2;1-4H;6H,1-5H2;. The Hall–Kier alpha value is -3.74. The summed E-state index contributed by atoms with van der Waals surface area (Å²) < 4.78 is 152. The molecule has 6 rings (SSSR count). The average molecular weight is 938 g/mol. The molecule has 3 radical (unpaired) electrons. The lowest BCUT2D eigenvalue weighted by molar-refractivity contribution is -0.301. The minimum absolute atomic E-state index is 0. The van der Waals surface area contributed by atoms with E-state index in [1.54, 1.807) is 18.2 Å². The molecule has 0 amide bonds. The molecular weight excluding hydrogens is 893 g/mol. The van der Waals surface area contributed by atoms with Gasteiger partial charge in [-0.3, -0.25) is 0 Å². The summed E-state index contributed by atoms with van der Waals surface area (Å²) in [5.41, 5.74) is -0.671. The van der Waals surface area contributed by atoms with E-state index in [4.69, 9.17) is 26.9 Å². The van der Waals surface area contributed by atoms with Gasteiger partial charge in [0.05, 0.1) is 38.0 Å². The number of piperidine rings is 3. The van der Waals surface area contributed by atoms with Gasteiger partial charge in [0.2, 0.25) is 25.6 Å². The molecule has 0 aromatic heterocycles. The molecule has 3 saturated heterocycles. The van der Waals surface area contributed by atoms with Crippen molar-refractivity contribution >= 4 is 48.2 Å². The lowest BCUT2D eigenvalue weighted by Gasteiger charge is -2.34. The minimum atomic E-state index is -5.85. The highest BCUT2D eigenvalue weighted by atomic mass is 35.7. The molecule has 0 spiro atoms. The number of nitrogens with one attached hydrogen (secondary N) is 1. The number of benzene rings is 3. The van der Waals surface area contributed by atoms with E-state index in [0.29, 0.717) is 43.6 Å². The Balaban J connectivity index is 0.000000307. The van der Waals surface area contributed by atoms with Crippen molar-refractivity contribution in [2.75, 3.05) is 39.3 Å². The normalized spacial score (nSPS) is 16.9. The van der Waals surface area contributed by atoms with E-state index in [1.165, 1.54) is 67.0 Å². The van der Waals surface area contributed by atoms with Crippen LogP contribution in [0.2, 0.25) is 0 Å². The summed E-state index contributed by atoms with van der Waals surface area (Å²) in [4.78, 5) is -0.475. The number of nitrogens with zero attached hydrogens (tertiary/aromatic N) is 4. The first-order chi connectivity index (χ1) is 28.0. The van der Waals surface area contributed by atoms with Crippen LogP contribution in [0.1, 0.15) is 74.5 Å². The van der Waals surface area contributed by atoms with Crippen LogP contribution in [0, 0.1) is 22.7 Å². The minimum Gasteiger partial charge on any atom is -0.317 e. The average Bonchev–Trinajstić information content (AvgIpc) is 3.24. The maximum absolute atomic E-state index is 13.1. The highest BCUT2D eigenvalue weighted by Crippen LogP contribution is 2.48. The van der Waals surface area contributed by atoms with Crippen molar-refractivity contribution in [1.82, 2.24) is 13.9 Å². The molecule has 23 heteroatoms. The number of sulfonamides is 2. The van der Waals surface area contributed by atoms with E-state index in [-0.39, 0.29) is 36.9 Å². The van der Waals surface area contributed by atoms with E-state index in [0.717, 1.165) is 42.1 Å². The lowest BCUT2D eigenvalue weighted by Crippen LogP contribution is -2.60. The molecule has 333 valence electrons. The quantitative estimate of drug-likeness (QED) is 0.152. The molecular formula is C38H45BClF6N6O6S3. The molecule has 0 aliphatic carbocycles. The monoisotopic (exact) mass is 937 g/mol. The molecule has 3 aromatic carbocycles. The number of alkyl halides is 6. The Morgan fingerprint density at radius 2 is 0.934 bits per heavy atom. The first-order valence-corrected chi connectivity index (χ1v) is 23.9. The first kappa shape index (κ1) is 53.4. The van der Waals surface area contributed by atoms with Gasteiger partial charge in [-0.2, -0.15) is 45.5 Å². The fraction of sp³-hybridized carbons (Fsp3) is 0.474. The molecule has 0 atom stereocenters. The van der Waals surface area contributed by atoms with Crippen LogP contribution in [0.25, 0.3) is 0 Å². The highest BCUT2D eigenvalue weighted by molar-refractivity contribution is 8.13. The molecule has 0 bridgehead atoms. The summed E-state index contributed by atoms with van der Waals surface area (Å²) in [5.74, 6) is 0. The largest absolute Gasteiger partial charge is 0.419 e. The summed E-state index contributed by atoms with van der Waals surface area (Å²) in [6, 6.07) is 18.2. The third kappa shape index (κ3) is 14.7. The number of nitriles is 2. The molecule has 0 unspecified atom stereocenters. The second-order valence-corrected chi connectivity index (χ2v) is 20.2. The molecule has 12 nitrogen and oxygen atoms in total. The van der Waals surface area contributed by atoms with Crippen LogP contribution in [0.3, 0.4) is 0 Å². The van der Waals surface area contributed by atoms with Gasteiger partial charge in [0.15, 0.2) is 0 Å². The molecule has 3 aliphatic rings. The van der Waals surface area contributed by atoms with Crippen molar-refractivity contribution in [3.63, 3.8) is 0 Å². The maximum atomic E-state index is 13.1. The number of halogens is 7. The van der Waals surface area contributed by atoms with Crippen LogP contribution in [-0.2, 0) is 34.6 Å². The lowest BCUT2D eigenvalue weighted by atomic mass is 9.89. The van der Waals surface area contributed by atoms with Crippen molar-refractivity contribution < 1.29 is 51.6 Å². The van der Waals surface area contributed by atoms with Crippen LogP contribution in [0.5, 0.6) is 0 Å². The molecule has 3 N–H and O–H groups in total. The summed E-state index contributed by atoms with van der Waals surface area (Å²) in [7, 11) is -6.27. The van der Waals surface area contributed by atoms with E-state index >= 15 is 0 Å². The molecule has 3 aromatic rings. The van der Waals surface area contributed by atoms with Gasteiger partial charge in [0.25, 0.3) is 9.05 Å². The number of hydrogen-bond donors (Lipinski definition) is 2. The fourth-order valence-electron chi connectivity index (χ4n) is 6.14. The van der Waals surface area contributed by atoms with Crippen molar-refractivity contribution in [3.05, 3.63) is 89.5 Å². The maximum Gasteiger partial charge on any atom is 0.419 e. The zero-order chi connectivity index (χ0) is 44.8. The van der Waals surface area contributed by atoms with Crippen LogP contribution in [-0.4, -0.2) is 93.9 Å². The van der Waals surface area contributed by atoms with Gasteiger partial charge in [-0.15, -0.1) is 0 Å². The fourth-order valence-corrected chi connectivity index (χ4v) is 10.1. The summed E-state index contributed by atoms with van der Waals surface area (Å²) in [6.45, 7) is 4.00. The van der Waals surface area contributed by atoms with Crippen molar-refractivity contribution in [3.8, 4) is 12.1 Å². The third-order valence-electron chi connectivity index (χ3n) is 9.50. The highest BCUT2D eigenvalue weighted by Gasteiger charge is 2.69. The van der Waals surface area contributed by atoms with Crippen LogP contribution in [0.15, 0.2) is 87.5 Å². The predicted molar refractivity (Wildman–Crippen MR) is 217 cm³/mol. The number of nitrogens with two attached hydrogens (primary N) is 1. The van der Waals surface area contributed by atoms with E-state index in [2.05, 4.69) is 5.32 Å².